The van der Waals surface area contributed by atoms with Crippen molar-refractivity contribution in [1.29, 1.82) is 0 Å². The Hall–Kier alpha value is -1.08. The molecule has 0 radical (unpaired) electrons. The van der Waals surface area contributed by atoms with Crippen LogP contribution >= 0.6 is 0 Å². The fourth-order valence-electron chi connectivity index (χ4n) is 2.03. The summed E-state index contributed by atoms with van der Waals surface area (Å²) in [4.78, 5) is 0. The van der Waals surface area contributed by atoms with Crippen LogP contribution in [0.25, 0.3) is 6.08 Å². The van der Waals surface area contributed by atoms with Gasteiger partial charge in [-0.25, -0.2) is 0 Å². The summed E-state index contributed by atoms with van der Waals surface area (Å²) in [6, 6.07) is 6.53. The summed E-state index contributed by atoms with van der Waals surface area (Å²) in [6.07, 6.45) is 3.41. The molecule has 0 saturated carbocycles. The van der Waals surface area contributed by atoms with Gasteiger partial charge in [0, 0.05) is 0 Å². The first kappa shape index (κ1) is 9.47. The second-order valence-electron chi connectivity index (χ2n) is 4.18. The van der Waals surface area contributed by atoms with Crippen molar-refractivity contribution >= 4 is 6.08 Å². The number of nitrogens with two attached hydrogens (primary N) is 1. The number of fused-ring (bicyclic) bond motifs is 1. The number of aryl methyl sites for hydroxylation is 1. The summed E-state index contributed by atoms with van der Waals surface area (Å²) in [5.41, 5.74) is 11.4. The van der Waals surface area contributed by atoms with Gasteiger partial charge in [-0.1, -0.05) is 36.8 Å². The summed E-state index contributed by atoms with van der Waals surface area (Å²) in [7, 11) is 0. The molecule has 2 rings (SSSR count). The second kappa shape index (κ2) is 3.58. The van der Waals surface area contributed by atoms with Gasteiger partial charge in [0.1, 0.15) is 0 Å². The van der Waals surface area contributed by atoms with Crippen molar-refractivity contribution in [2.75, 3.05) is 6.54 Å². The van der Waals surface area contributed by atoms with Gasteiger partial charge in [-0.05, 0) is 42.5 Å². The van der Waals surface area contributed by atoms with Crippen LogP contribution in [-0.2, 0) is 6.42 Å². The average Bonchev–Trinajstić information content (AvgIpc) is 2.62. The van der Waals surface area contributed by atoms with Crippen molar-refractivity contribution in [3.8, 4) is 0 Å². The summed E-state index contributed by atoms with van der Waals surface area (Å²) < 4.78 is 0. The van der Waals surface area contributed by atoms with Gasteiger partial charge in [0.2, 0.25) is 0 Å². The van der Waals surface area contributed by atoms with Crippen molar-refractivity contribution in [2.24, 2.45) is 11.7 Å². The van der Waals surface area contributed by atoms with Crippen LogP contribution in [0.15, 0.2) is 23.8 Å². The Bertz CT molecular complexity index is 377. The Morgan fingerprint density at radius 3 is 2.86 bits per heavy atom. The van der Waals surface area contributed by atoms with Crippen LogP contribution in [0.2, 0.25) is 0 Å². The van der Waals surface area contributed by atoms with Crippen LogP contribution in [0, 0.1) is 12.8 Å². The summed E-state index contributed by atoms with van der Waals surface area (Å²) in [5.74, 6) is 0.516. The minimum Gasteiger partial charge on any atom is -0.330 e. The van der Waals surface area contributed by atoms with Gasteiger partial charge >= 0.3 is 0 Å². The minimum absolute atomic E-state index is 0.516. The van der Waals surface area contributed by atoms with E-state index in [1.165, 1.54) is 22.3 Å². The Morgan fingerprint density at radius 2 is 2.21 bits per heavy atom. The Balaban J connectivity index is 2.34. The van der Waals surface area contributed by atoms with Crippen LogP contribution in [-0.4, -0.2) is 6.54 Å². The highest BCUT2D eigenvalue weighted by molar-refractivity contribution is 5.66. The fourth-order valence-corrected chi connectivity index (χ4v) is 2.03. The molecule has 1 aliphatic carbocycles. The van der Waals surface area contributed by atoms with Gasteiger partial charge in [0.05, 0.1) is 0 Å². The SMILES string of the molecule is Cc1cccc2c1C=C(C(C)CN)C2. The zero-order valence-corrected chi connectivity index (χ0v) is 8.88. The van der Waals surface area contributed by atoms with Crippen LogP contribution < -0.4 is 5.73 Å². The van der Waals surface area contributed by atoms with Crippen LogP contribution in [0.4, 0.5) is 0 Å². The first-order valence-corrected chi connectivity index (χ1v) is 5.21. The predicted octanol–water partition coefficient (Wildman–Crippen LogP) is 2.53. The number of rotatable bonds is 2. The molecule has 74 valence electrons. The number of hydrogen-bond donors (Lipinski definition) is 1. The second-order valence-corrected chi connectivity index (χ2v) is 4.18. The summed E-state index contributed by atoms with van der Waals surface area (Å²) in [5, 5.41) is 0. The first-order valence-electron chi connectivity index (χ1n) is 5.21. The van der Waals surface area contributed by atoms with E-state index in [-0.39, 0.29) is 0 Å². The van der Waals surface area contributed by atoms with E-state index < -0.39 is 0 Å². The van der Waals surface area contributed by atoms with E-state index >= 15 is 0 Å². The summed E-state index contributed by atoms with van der Waals surface area (Å²) >= 11 is 0. The third-order valence-corrected chi connectivity index (χ3v) is 3.13. The van der Waals surface area contributed by atoms with Crippen molar-refractivity contribution in [3.05, 3.63) is 40.5 Å². The largest absolute Gasteiger partial charge is 0.330 e. The topological polar surface area (TPSA) is 26.0 Å². The zero-order chi connectivity index (χ0) is 10.1. The molecular weight excluding hydrogens is 170 g/mol. The molecule has 1 aromatic rings. The van der Waals surface area contributed by atoms with Gasteiger partial charge in [-0.2, -0.15) is 0 Å². The third-order valence-electron chi connectivity index (χ3n) is 3.13. The minimum atomic E-state index is 0.516. The molecular formula is C13H17N. The highest BCUT2D eigenvalue weighted by Gasteiger charge is 2.17. The highest BCUT2D eigenvalue weighted by Crippen LogP contribution is 2.30. The third kappa shape index (κ3) is 1.48. The highest BCUT2D eigenvalue weighted by atomic mass is 14.5. The van der Waals surface area contributed by atoms with E-state index in [4.69, 9.17) is 5.73 Å². The van der Waals surface area contributed by atoms with E-state index in [2.05, 4.69) is 38.1 Å². The Kier molecular flexibility index (Phi) is 2.42. The molecule has 0 fully saturated rings. The van der Waals surface area contributed by atoms with E-state index in [0.29, 0.717) is 5.92 Å². The van der Waals surface area contributed by atoms with Gasteiger partial charge < -0.3 is 5.73 Å². The molecule has 1 unspecified atom stereocenters. The molecule has 0 spiro atoms. The van der Waals surface area contributed by atoms with E-state index in [9.17, 15) is 0 Å². The van der Waals surface area contributed by atoms with Crippen LogP contribution in [0.1, 0.15) is 23.6 Å². The lowest BCUT2D eigenvalue weighted by atomic mass is 9.99. The molecule has 14 heavy (non-hydrogen) atoms. The monoisotopic (exact) mass is 187 g/mol. The molecule has 0 heterocycles. The van der Waals surface area contributed by atoms with Gasteiger partial charge in [0.25, 0.3) is 0 Å². The maximum atomic E-state index is 5.68. The molecule has 2 N–H and O–H groups in total. The van der Waals surface area contributed by atoms with Crippen molar-refractivity contribution in [1.82, 2.24) is 0 Å². The summed E-state index contributed by atoms with van der Waals surface area (Å²) in [6.45, 7) is 5.12. The lowest BCUT2D eigenvalue weighted by molar-refractivity contribution is 0.684. The lowest BCUT2D eigenvalue weighted by Crippen LogP contribution is -2.12. The quantitative estimate of drug-likeness (QED) is 0.756. The van der Waals surface area contributed by atoms with Crippen LogP contribution in [0.5, 0.6) is 0 Å². The van der Waals surface area contributed by atoms with E-state index in [1.807, 2.05) is 0 Å². The Morgan fingerprint density at radius 1 is 1.43 bits per heavy atom. The van der Waals surface area contributed by atoms with Crippen molar-refractivity contribution in [3.63, 3.8) is 0 Å². The van der Waals surface area contributed by atoms with Gasteiger partial charge in [-0.3, -0.25) is 0 Å². The molecule has 1 nitrogen and oxygen atoms in total. The number of hydrogen-bond acceptors (Lipinski definition) is 1. The standard InChI is InChI=1S/C13H17N/c1-9-4-3-5-11-6-12(7-13(9)11)10(2)8-14/h3-5,7,10H,6,8,14H2,1-2H3. The molecule has 0 amide bonds. The first-order chi connectivity index (χ1) is 6.72. The Labute approximate surface area is 85.6 Å². The fraction of sp³-hybridized carbons (Fsp3) is 0.385. The van der Waals surface area contributed by atoms with E-state index in [1.54, 1.807) is 0 Å². The molecule has 1 heteroatoms. The average molecular weight is 187 g/mol. The predicted molar refractivity (Wildman–Crippen MR) is 61.1 cm³/mol. The van der Waals surface area contributed by atoms with Gasteiger partial charge in [-0.15, -0.1) is 0 Å². The smallest absolute Gasteiger partial charge is 0.00139 e. The molecule has 0 aromatic heterocycles. The maximum Gasteiger partial charge on any atom is -0.00139 e. The molecule has 0 bridgehead atoms. The molecule has 1 aromatic carbocycles. The zero-order valence-electron chi connectivity index (χ0n) is 8.88. The van der Waals surface area contributed by atoms with Crippen LogP contribution in [0.3, 0.4) is 0 Å². The lowest BCUT2D eigenvalue weighted by Gasteiger charge is -2.08. The number of benzene rings is 1. The van der Waals surface area contributed by atoms with E-state index in [0.717, 1.165) is 13.0 Å². The molecule has 1 atom stereocenters. The normalized spacial score (nSPS) is 16.4. The van der Waals surface area contributed by atoms with Crippen molar-refractivity contribution in [2.45, 2.75) is 20.3 Å². The molecule has 0 saturated heterocycles. The maximum absolute atomic E-state index is 5.68. The van der Waals surface area contributed by atoms with Gasteiger partial charge in [0.15, 0.2) is 0 Å². The van der Waals surface area contributed by atoms with Crippen molar-refractivity contribution < 1.29 is 0 Å². The molecule has 1 aliphatic rings. The molecule has 0 aliphatic heterocycles.